The molecule has 2 atom stereocenters. The van der Waals surface area contributed by atoms with Gasteiger partial charge in [-0.1, -0.05) is 30.3 Å². The number of amides is 1. The Morgan fingerprint density at radius 1 is 1.17 bits per heavy atom. The van der Waals surface area contributed by atoms with E-state index in [2.05, 4.69) is 0 Å². The number of nitrogens with zero attached hydrogens (tertiary/aromatic N) is 1. The second-order valence-corrected chi connectivity index (χ2v) is 6.11. The maximum Gasteiger partial charge on any atom is 0.415 e. The zero-order valence-electron chi connectivity index (χ0n) is 13.2. The predicted octanol–water partition coefficient (Wildman–Crippen LogP) is 2.87. The van der Waals surface area contributed by atoms with Crippen LogP contribution in [0.15, 0.2) is 30.3 Å². The molecule has 2 aliphatic rings. The third-order valence-corrected chi connectivity index (χ3v) is 4.71. The van der Waals surface area contributed by atoms with Gasteiger partial charge in [0.25, 0.3) is 5.91 Å². The number of carbonyl (C=O) groups excluding carboxylic acids is 1. The predicted molar refractivity (Wildman–Crippen MR) is 80.3 cm³/mol. The van der Waals surface area contributed by atoms with Crippen LogP contribution in [-0.4, -0.2) is 49.5 Å². The maximum absolute atomic E-state index is 14.2. The fraction of sp³-hybridized carbons (Fsp3) is 0.588. The molecule has 132 valence electrons. The molecular weight excluding hydrogens is 323 g/mol. The van der Waals surface area contributed by atoms with Crippen LogP contribution < -0.4 is 0 Å². The number of ether oxygens (including phenoxy) is 2. The van der Waals surface area contributed by atoms with Crippen LogP contribution >= 0.6 is 0 Å². The standard InChI is InChI=1S/C17H20F3NO3/c18-17(19,20)16(13-6-2-1-3-7-13)8-4-5-9-21(16)15(22)14-12-23-10-11-24-14/h1-3,6-7,14H,4-5,8-12H2. The average molecular weight is 343 g/mol. The Kier molecular flexibility index (Phi) is 4.83. The molecule has 1 amide bonds. The average Bonchev–Trinajstić information content (AvgIpc) is 2.61. The summed E-state index contributed by atoms with van der Waals surface area (Å²) in [5.74, 6) is -0.643. The molecule has 0 aliphatic carbocycles. The molecule has 1 aromatic rings. The second-order valence-electron chi connectivity index (χ2n) is 6.11. The van der Waals surface area contributed by atoms with E-state index in [1.807, 2.05) is 0 Å². The highest BCUT2D eigenvalue weighted by Crippen LogP contribution is 2.49. The summed E-state index contributed by atoms with van der Waals surface area (Å²) in [5, 5.41) is 0. The monoisotopic (exact) mass is 343 g/mol. The lowest BCUT2D eigenvalue weighted by Crippen LogP contribution is -2.63. The first-order valence-corrected chi connectivity index (χ1v) is 8.10. The molecule has 3 rings (SSSR count). The lowest BCUT2D eigenvalue weighted by molar-refractivity contribution is -0.250. The van der Waals surface area contributed by atoms with Gasteiger partial charge in [0.05, 0.1) is 19.8 Å². The van der Waals surface area contributed by atoms with Crippen molar-refractivity contribution in [1.29, 1.82) is 0 Å². The third-order valence-electron chi connectivity index (χ3n) is 4.71. The Morgan fingerprint density at radius 2 is 1.92 bits per heavy atom. The molecule has 0 N–H and O–H groups in total. The van der Waals surface area contributed by atoms with Crippen molar-refractivity contribution in [2.45, 2.75) is 37.1 Å². The molecule has 4 nitrogen and oxygen atoms in total. The minimum atomic E-state index is -4.57. The van der Waals surface area contributed by atoms with E-state index in [9.17, 15) is 18.0 Å². The van der Waals surface area contributed by atoms with Crippen LogP contribution in [0.5, 0.6) is 0 Å². The van der Waals surface area contributed by atoms with E-state index < -0.39 is 23.7 Å². The van der Waals surface area contributed by atoms with Gasteiger partial charge in [-0.15, -0.1) is 0 Å². The summed E-state index contributed by atoms with van der Waals surface area (Å²) in [6.45, 7) is 0.632. The van der Waals surface area contributed by atoms with Gasteiger partial charge in [-0.3, -0.25) is 4.79 Å². The number of carbonyl (C=O) groups is 1. The van der Waals surface area contributed by atoms with Crippen LogP contribution in [0.25, 0.3) is 0 Å². The minimum Gasteiger partial charge on any atom is -0.376 e. The molecule has 2 heterocycles. The highest BCUT2D eigenvalue weighted by atomic mass is 19.4. The lowest BCUT2D eigenvalue weighted by Gasteiger charge is -2.49. The molecule has 24 heavy (non-hydrogen) atoms. The van der Waals surface area contributed by atoms with Gasteiger partial charge >= 0.3 is 6.18 Å². The fourth-order valence-corrected chi connectivity index (χ4v) is 3.55. The third kappa shape index (κ3) is 2.91. The number of alkyl halides is 3. The van der Waals surface area contributed by atoms with E-state index in [0.717, 1.165) is 4.90 Å². The topological polar surface area (TPSA) is 38.8 Å². The molecule has 7 heteroatoms. The normalized spacial score (nSPS) is 28.6. The molecule has 2 unspecified atom stereocenters. The summed E-state index contributed by atoms with van der Waals surface area (Å²) in [6.07, 6.45) is -4.72. The van der Waals surface area contributed by atoms with Crippen molar-refractivity contribution in [1.82, 2.24) is 4.90 Å². The first kappa shape index (κ1) is 17.2. The molecule has 0 spiro atoms. The highest BCUT2D eigenvalue weighted by molar-refractivity contribution is 5.82. The van der Waals surface area contributed by atoms with Crippen LogP contribution in [0.1, 0.15) is 24.8 Å². The fourth-order valence-electron chi connectivity index (χ4n) is 3.55. The number of piperidine rings is 1. The van der Waals surface area contributed by atoms with Crippen molar-refractivity contribution >= 4 is 5.91 Å². The van der Waals surface area contributed by atoms with Crippen molar-refractivity contribution in [3.63, 3.8) is 0 Å². The molecule has 0 aromatic heterocycles. The highest BCUT2D eigenvalue weighted by Gasteiger charge is 2.62. The Balaban J connectivity index is 2.02. The van der Waals surface area contributed by atoms with E-state index >= 15 is 0 Å². The van der Waals surface area contributed by atoms with Crippen LogP contribution in [0.3, 0.4) is 0 Å². The molecule has 0 bridgehead atoms. The van der Waals surface area contributed by atoms with Crippen molar-refractivity contribution in [3.8, 4) is 0 Å². The zero-order chi connectivity index (χ0) is 17.2. The van der Waals surface area contributed by atoms with Gasteiger partial charge in [0, 0.05) is 6.54 Å². The van der Waals surface area contributed by atoms with Gasteiger partial charge in [0.2, 0.25) is 0 Å². The van der Waals surface area contributed by atoms with E-state index in [0.29, 0.717) is 19.4 Å². The van der Waals surface area contributed by atoms with E-state index in [4.69, 9.17) is 9.47 Å². The maximum atomic E-state index is 14.2. The summed E-state index contributed by atoms with van der Waals surface area (Å²) < 4.78 is 53.1. The SMILES string of the molecule is O=C(C1COCCO1)N1CCCCC1(c1ccccc1)C(F)(F)F. The number of halogens is 3. The molecule has 0 saturated carbocycles. The first-order chi connectivity index (χ1) is 11.5. The van der Waals surface area contributed by atoms with Crippen molar-refractivity contribution in [3.05, 3.63) is 35.9 Å². The van der Waals surface area contributed by atoms with Gasteiger partial charge in [-0.25, -0.2) is 0 Å². The molecule has 2 aliphatic heterocycles. The Labute approximate surface area is 138 Å². The molecule has 2 fully saturated rings. The van der Waals surface area contributed by atoms with E-state index in [-0.39, 0.29) is 31.7 Å². The van der Waals surface area contributed by atoms with Gasteiger partial charge in [-0.05, 0) is 24.8 Å². The summed E-state index contributed by atoms with van der Waals surface area (Å²) in [7, 11) is 0. The van der Waals surface area contributed by atoms with Crippen molar-refractivity contribution < 1.29 is 27.4 Å². The number of likely N-dealkylation sites (tertiary alicyclic amines) is 1. The first-order valence-electron chi connectivity index (χ1n) is 8.10. The molecule has 2 saturated heterocycles. The van der Waals surface area contributed by atoms with E-state index in [1.54, 1.807) is 18.2 Å². The minimum absolute atomic E-state index is 0.00192. The quantitative estimate of drug-likeness (QED) is 0.829. The summed E-state index contributed by atoms with van der Waals surface area (Å²) in [4.78, 5) is 13.8. The largest absolute Gasteiger partial charge is 0.415 e. The van der Waals surface area contributed by atoms with Crippen LogP contribution in [0.4, 0.5) is 13.2 Å². The molecule has 0 radical (unpaired) electrons. The van der Waals surface area contributed by atoms with Crippen LogP contribution in [0, 0.1) is 0 Å². The summed E-state index contributed by atoms with van der Waals surface area (Å²) in [6, 6.07) is 7.69. The zero-order valence-corrected chi connectivity index (χ0v) is 13.2. The van der Waals surface area contributed by atoms with Gasteiger partial charge in [0.15, 0.2) is 11.6 Å². The van der Waals surface area contributed by atoms with Gasteiger partial charge in [0.1, 0.15) is 0 Å². The van der Waals surface area contributed by atoms with Crippen LogP contribution in [-0.2, 0) is 19.8 Å². The summed E-state index contributed by atoms with van der Waals surface area (Å²) >= 11 is 0. The summed E-state index contributed by atoms with van der Waals surface area (Å²) in [5.41, 5.74) is -2.20. The van der Waals surface area contributed by atoms with Crippen molar-refractivity contribution in [2.24, 2.45) is 0 Å². The number of hydrogen-bond donors (Lipinski definition) is 0. The second kappa shape index (κ2) is 6.72. The smallest absolute Gasteiger partial charge is 0.376 e. The number of hydrogen-bond acceptors (Lipinski definition) is 3. The van der Waals surface area contributed by atoms with E-state index in [1.165, 1.54) is 12.1 Å². The Bertz CT molecular complexity index is 572. The molecule has 1 aromatic carbocycles. The van der Waals surface area contributed by atoms with Crippen molar-refractivity contribution in [2.75, 3.05) is 26.4 Å². The Hall–Kier alpha value is -1.60. The number of rotatable bonds is 2. The lowest BCUT2D eigenvalue weighted by atomic mass is 9.79. The number of benzene rings is 1. The Morgan fingerprint density at radius 3 is 2.54 bits per heavy atom. The van der Waals surface area contributed by atoms with Gasteiger partial charge < -0.3 is 14.4 Å². The molecular formula is C17H20F3NO3. The van der Waals surface area contributed by atoms with Crippen LogP contribution in [0.2, 0.25) is 0 Å². The van der Waals surface area contributed by atoms with Gasteiger partial charge in [-0.2, -0.15) is 13.2 Å².